The van der Waals surface area contributed by atoms with Crippen molar-refractivity contribution < 1.29 is 4.79 Å². The van der Waals surface area contributed by atoms with E-state index in [-0.39, 0.29) is 11.9 Å². The molecule has 3 heteroatoms. The number of hydrogen-bond donors (Lipinski definition) is 2. The number of nitrogens with one attached hydrogen (secondary N) is 2. The van der Waals surface area contributed by atoms with Crippen molar-refractivity contribution in [3.8, 4) is 0 Å². The maximum atomic E-state index is 12.3. The molecule has 1 atom stereocenters. The lowest BCUT2D eigenvalue weighted by molar-refractivity contribution is -0.116. The standard InChI is InChI=1S/C18H22N2O/c1-12-10-13(2)17(14(3)11-12)20-18(21)15(4)19-16-8-6-5-7-9-16/h5-11,15,19H,1-4H3,(H,20,21)/t15-/m1/s1. The summed E-state index contributed by atoms with van der Waals surface area (Å²) in [5, 5.41) is 6.22. The van der Waals surface area contributed by atoms with E-state index in [1.165, 1.54) is 5.56 Å². The van der Waals surface area contributed by atoms with E-state index in [4.69, 9.17) is 0 Å². The van der Waals surface area contributed by atoms with Crippen LogP contribution in [0.25, 0.3) is 0 Å². The zero-order chi connectivity index (χ0) is 15.4. The SMILES string of the molecule is Cc1cc(C)c(NC(=O)[C@@H](C)Nc2ccccc2)c(C)c1. The van der Waals surface area contributed by atoms with Crippen molar-refractivity contribution in [1.29, 1.82) is 0 Å². The fourth-order valence-corrected chi connectivity index (χ4v) is 2.46. The number of benzene rings is 2. The van der Waals surface area contributed by atoms with Crippen molar-refractivity contribution in [3.63, 3.8) is 0 Å². The first-order chi connectivity index (χ1) is 9.97. The zero-order valence-electron chi connectivity index (χ0n) is 13.0. The molecule has 2 aromatic rings. The quantitative estimate of drug-likeness (QED) is 0.888. The Labute approximate surface area is 126 Å². The molecule has 3 nitrogen and oxygen atoms in total. The van der Waals surface area contributed by atoms with Crippen LogP contribution in [-0.4, -0.2) is 11.9 Å². The van der Waals surface area contributed by atoms with Crippen molar-refractivity contribution in [1.82, 2.24) is 0 Å². The fraction of sp³-hybridized carbons (Fsp3) is 0.278. The van der Waals surface area contributed by atoms with E-state index in [1.807, 2.05) is 51.1 Å². The van der Waals surface area contributed by atoms with Crippen LogP contribution in [-0.2, 0) is 4.79 Å². The van der Waals surface area contributed by atoms with Crippen LogP contribution in [0.5, 0.6) is 0 Å². The summed E-state index contributed by atoms with van der Waals surface area (Å²) in [6, 6.07) is 13.6. The monoisotopic (exact) mass is 282 g/mol. The summed E-state index contributed by atoms with van der Waals surface area (Å²) in [7, 11) is 0. The van der Waals surface area contributed by atoms with E-state index in [1.54, 1.807) is 0 Å². The molecule has 1 amide bonds. The van der Waals surface area contributed by atoms with Crippen LogP contribution in [0.1, 0.15) is 23.6 Å². The lowest BCUT2D eigenvalue weighted by Crippen LogP contribution is -2.32. The molecule has 21 heavy (non-hydrogen) atoms. The summed E-state index contributed by atoms with van der Waals surface area (Å²) in [5.74, 6) is -0.0334. The Morgan fingerprint density at radius 3 is 2.14 bits per heavy atom. The van der Waals surface area contributed by atoms with E-state index in [0.717, 1.165) is 22.5 Å². The minimum atomic E-state index is -0.299. The third-order valence-electron chi connectivity index (χ3n) is 3.48. The van der Waals surface area contributed by atoms with Gasteiger partial charge in [0.1, 0.15) is 6.04 Å². The molecule has 0 spiro atoms. The van der Waals surface area contributed by atoms with Crippen LogP contribution < -0.4 is 10.6 Å². The molecule has 0 saturated heterocycles. The van der Waals surface area contributed by atoms with Gasteiger partial charge in [0.2, 0.25) is 5.91 Å². The molecule has 110 valence electrons. The molecule has 2 rings (SSSR count). The molecular formula is C18H22N2O. The predicted octanol–water partition coefficient (Wildman–Crippen LogP) is 4.05. The van der Waals surface area contributed by atoms with Gasteiger partial charge in [-0.25, -0.2) is 0 Å². The second kappa shape index (κ2) is 6.44. The third kappa shape index (κ3) is 3.85. The van der Waals surface area contributed by atoms with E-state index < -0.39 is 0 Å². The van der Waals surface area contributed by atoms with Crippen LogP contribution in [0.4, 0.5) is 11.4 Å². The second-order valence-corrected chi connectivity index (χ2v) is 5.50. The summed E-state index contributed by atoms with van der Waals surface area (Å²) in [6.07, 6.45) is 0. The largest absolute Gasteiger partial charge is 0.374 e. The van der Waals surface area contributed by atoms with Gasteiger partial charge < -0.3 is 10.6 Å². The normalized spacial score (nSPS) is 11.8. The number of aryl methyl sites for hydroxylation is 3. The van der Waals surface area contributed by atoms with Crippen LogP contribution in [0.2, 0.25) is 0 Å². The van der Waals surface area contributed by atoms with Gasteiger partial charge in [0.25, 0.3) is 0 Å². The molecule has 0 bridgehead atoms. The van der Waals surface area contributed by atoms with Crippen LogP contribution in [0, 0.1) is 20.8 Å². The highest BCUT2D eigenvalue weighted by atomic mass is 16.2. The number of para-hydroxylation sites is 1. The van der Waals surface area contributed by atoms with Crippen molar-refractivity contribution >= 4 is 17.3 Å². The van der Waals surface area contributed by atoms with Gasteiger partial charge in [-0.05, 0) is 51.0 Å². The van der Waals surface area contributed by atoms with E-state index in [9.17, 15) is 4.79 Å². The summed E-state index contributed by atoms with van der Waals surface area (Å²) in [6.45, 7) is 7.96. The molecule has 0 radical (unpaired) electrons. The number of hydrogen-bond acceptors (Lipinski definition) is 2. The molecule has 0 aliphatic rings. The second-order valence-electron chi connectivity index (χ2n) is 5.50. The van der Waals surface area contributed by atoms with Gasteiger partial charge in [-0.1, -0.05) is 35.9 Å². The number of carbonyl (C=O) groups is 1. The van der Waals surface area contributed by atoms with Gasteiger partial charge in [0.05, 0.1) is 0 Å². The minimum Gasteiger partial charge on any atom is -0.374 e. The average Bonchev–Trinajstić information content (AvgIpc) is 2.43. The Bertz CT molecular complexity index is 612. The van der Waals surface area contributed by atoms with Crippen molar-refractivity contribution in [2.24, 2.45) is 0 Å². The first-order valence-corrected chi connectivity index (χ1v) is 7.17. The fourth-order valence-electron chi connectivity index (χ4n) is 2.46. The molecule has 0 fully saturated rings. The Morgan fingerprint density at radius 2 is 1.57 bits per heavy atom. The molecule has 0 heterocycles. The Morgan fingerprint density at radius 1 is 1.00 bits per heavy atom. The van der Waals surface area contributed by atoms with Crippen LogP contribution in [0.15, 0.2) is 42.5 Å². The summed E-state index contributed by atoms with van der Waals surface area (Å²) >= 11 is 0. The van der Waals surface area contributed by atoms with Gasteiger partial charge in [0.15, 0.2) is 0 Å². The molecule has 2 N–H and O–H groups in total. The molecule has 0 aliphatic carbocycles. The van der Waals surface area contributed by atoms with E-state index in [0.29, 0.717) is 0 Å². The topological polar surface area (TPSA) is 41.1 Å². The van der Waals surface area contributed by atoms with Gasteiger partial charge in [-0.2, -0.15) is 0 Å². The van der Waals surface area contributed by atoms with Gasteiger partial charge in [0, 0.05) is 11.4 Å². The minimum absolute atomic E-state index is 0.0334. The first-order valence-electron chi connectivity index (χ1n) is 7.17. The van der Waals surface area contributed by atoms with Gasteiger partial charge in [-0.15, -0.1) is 0 Å². The van der Waals surface area contributed by atoms with Gasteiger partial charge >= 0.3 is 0 Å². The van der Waals surface area contributed by atoms with Crippen molar-refractivity contribution in [3.05, 3.63) is 59.2 Å². The Balaban J connectivity index is 2.08. The average molecular weight is 282 g/mol. The maximum Gasteiger partial charge on any atom is 0.246 e. The lowest BCUT2D eigenvalue weighted by atomic mass is 10.0. The lowest BCUT2D eigenvalue weighted by Gasteiger charge is -2.18. The highest BCUT2D eigenvalue weighted by Crippen LogP contribution is 2.22. The predicted molar refractivity (Wildman–Crippen MR) is 88.8 cm³/mol. The highest BCUT2D eigenvalue weighted by molar-refractivity contribution is 5.97. The number of amides is 1. The zero-order valence-corrected chi connectivity index (χ0v) is 13.0. The first kappa shape index (κ1) is 15.1. The van der Waals surface area contributed by atoms with E-state index in [2.05, 4.69) is 29.7 Å². The summed E-state index contributed by atoms with van der Waals surface area (Å²) in [4.78, 5) is 12.3. The molecule has 0 aromatic heterocycles. The Hall–Kier alpha value is -2.29. The number of carbonyl (C=O) groups excluding carboxylic acids is 1. The molecular weight excluding hydrogens is 260 g/mol. The van der Waals surface area contributed by atoms with Crippen LogP contribution >= 0.6 is 0 Å². The highest BCUT2D eigenvalue weighted by Gasteiger charge is 2.15. The van der Waals surface area contributed by atoms with Crippen LogP contribution in [0.3, 0.4) is 0 Å². The molecule has 0 saturated carbocycles. The molecule has 0 unspecified atom stereocenters. The number of anilines is 2. The van der Waals surface area contributed by atoms with Crippen molar-refractivity contribution in [2.45, 2.75) is 33.7 Å². The molecule has 0 aliphatic heterocycles. The van der Waals surface area contributed by atoms with Crippen molar-refractivity contribution in [2.75, 3.05) is 10.6 Å². The maximum absolute atomic E-state index is 12.3. The number of rotatable bonds is 4. The Kier molecular flexibility index (Phi) is 4.63. The van der Waals surface area contributed by atoms with E-state index >= 15 is 0 Å². The smallest absolute Gasteiger partial charge is 0.246 e. The molecule has 2 aromatic carbocycles. The van der Waals surface area contributed by atoms with Gasteiger partial charge in [-0.3, -0.25) is 4.79 Å². The summed E-state index contributed by atoms with van der Waals surface area (Å²) < 4.78 is 0. The third-order valence-corrected chi connectivity index (χ3v) is 3.48. The summed E-state index contributed by atoms with van der Waals surface area (Å²) in [5.41, 5.74) is 5.24.